The van der Waals surface area contributed by atoms with Gasteiger partial charge in [0.05, 0.1) is 12.2 Å². The highest BCUT2D eigenvalue weighted by Gasteiger charge is 2.52. The number of ether oxygens (including phenoxy) is 1. The lowest BCUT2D eigenvalue weighted by Crippen LogP contribution is -2.50. The van der Waals surface area contributed by atoms with Crippen molar-refractivity contribution in [2.45, 2.75) is 69.1 Å². The van der Waals surface area contributed by atoms with Gasteiger partial charge in [0.15, 0.2) is 0 Å². The van der Waals surface area contributed by atoms with E-state index in [9.17, 15) is 0 Å². The van der Waals surface area contributed by atoms with E-state index in [2.05, 4.69) is 0 Å². The van der Waals surface area contributed by atoms with E-state index in [0.29, 0.717) is 12.2 Å². The van der Waals surface area contributed by atoms with E-state index in [1.807, 2.05) is 0 Å². The Morgan fingerprint density at radius 3 is 2.62 bits per heavy atom. The van der Waals surface area contributed by atoms with Crippen LogP contribution in [-0.2, 0) is 4.74 Å². The van der Waals surface area contributed by atoms with Gasteiger partial charge in [0.1, 0.15) is 0 Å². The van der Waals surface area contributed by atoms with Gasteiger partial charge in [-0.1, -0.05) is 6.42 Å². The molecular weight excluding hydrogens is 198 g/mol. The van der Waals surface area contributed by atoms with Gasteiger partial charge in [0.25, 0.3) is 0 Å². The molecule has 2 heteroatoms. The lowest BCUT2D eigenvalue weighted by atomic mass is 9.72. The molecule has 2 aliphatic carbocycles. The predicted octanol–water partition coefficient (Wildman–Crippen LogP) is 2.46. The van der Waals surface area contributed by atoms with Crippen LogP contribution in [0.4, 0.5) is 0 Å². The Bertz CT molecular complexity index is 305. The highest BCUT2D eigenvalue weighted by atomic mass is 16.5. The molecule has 16 heavy (non-hydrogen) atoms. The van der Waals surface area contributed by atoms with Crippen LogP contribution in [0.3, 0.4) is 0 Å². The van der Waals surface area contributed by atoms with Crippen molar-refractivity contribution >= 4 is 0 Å². The molecule has 2 saturated heterocycles. The van der Waals surface area contributed by atoms with E-state index < -0.39 is 0 Å². The fourth-order valence-corrected chi connectivity index (χ4v) is 5.16. The highest BCUT2D eigenvalue weighted by Crippen LogP contribution is 2.53. The first-order valence-corrected chi connectivity index (χ1v) is 7.17. The molecule has 0 spiro atoms. The molecule has 2 saturated carbocycles. The van der Waals surface area contributed by atoms with Crippen molar-refractivity contribution in [1.82, 2.24) is 0 Å². The number of nitrogens with two attached hydrogens (primary N) is 1. The van der Waals surface area contributed by atoms with Gasteiger partial charge in [0.2, 0.25) is 0 Å². The molecule has 4 fully saturated rings. The summed E-state index contributed by atoms with van der Waals surface area (Å²) in [6.07, 6.45) is 11.8. The Hall–Kier alpha value is -0.0800. The minimum atomic E-state index is 0.0536. The van der Waals surface area contributed by atoms with Crippen LogP contribution in [0.1, 0.15) is 51.4 Å². The van der Waals surface area contributed by atoms with Crippen molar-refractivity contribution in [3.8, 4) is 0 Å². The summed E-state index contributed by atoms with van der Waals surface area (Å²) in [4.78, 5) is 0. The van der Waals surface area contributed by atoms with Crippen LogP contribution in [0, 0.1) is 17.8 Å². The summed E-state index contributed by atoms with van der Waals surface area (Å²) in [5, 5.41) is 0. The van der Waals surface area contributed by atoms with Crippen LogP contribution in [0.5, 0.6) is 0 Å². The van der Waals surface area contributed by atoms with E-state index in [1.165, 1.54) is 44.9 Å². The molecule has 0 aromatic carbocycles. The van der Waals surface area contributed by atoms with E-state index >= 15 is 0 Å². The largest absolute Gasteiger partial charge is 0.373 e. The van der Waals surface area contributed by atoms with Gasteiger partial charge in [-0.25, -0.2) is 0 Å². The molecule has 6 unspecified atom stereocenters. The summed E-state index contributed by atoms with van der Waals surface area (Å²) >= 11 is 0. The molecular formula is C14H23NO. The Morgan fingerprint density at radius 2 is 2.06 bits per heavy atom. The molecule has 0 aromatic heterocycles. The van der Waals surface area contributed by atoms with Gasteiger partial charge in [0, 0.05) is 5.54 Å². The van der Waals surface area contributed by atoms with E-state index in [0.717, 1.165) is 24.2 Å². The molecule has 90 valence electrons. The second kappa shape index (κ2) is 3.23. The fourth-order valence-electron chi connectivity index (χ4n) is 5.16. The SMILES string of the molecule is NC1(CC2CC3CCC2C3)CC2CCC1O2. The third kappa shape index (κ3) is 1.32. The summed E-state index contributed by atoms with van der Waals surface area (Å²) in [7, 11) is 0. The molecule has 2 nitrogen and oxygen atoms in total. The molecule has 6 atom stereocenters. The number of hydrogen-bond acceptors (Lipinski definition) is 2. The Kier molecular flexibility index (Phi) is 2.00. The van der Waals surface area contributed by atoms with Crippen LogP contribution in [-0.4, -0.2) is 17.7 Å². The molecule has 2 N–H and O–H groups in total. The number of fused-ring (bicyclic) bond motifs is 4. The minimum absolute atomic E-state index is 0.0536. The first-order chi connectivity index (χ1) is 7.73. The molecule has 4 aliphatic rings. The van der Waals surface area contributed by atoms with Crippen molar-refractivity contribution in [1.29, 1.82) is 0 Å². The quantitative estimate of drug-likeness (QED) is 0.777. The van der Waals surface area contributed by atoms with Crippen LogP contribution < -0.4 is 5.73 Å². The van der Waals surface area contributed by atoms with Crippen molar-refractivity contribution in [2.24, 2.45) is 23.5 Å². The van der Waals surface area contributed by atoms with E-state index in [-0.39, 0.29) is 5.54 Å². The second-order valence-corrected chi connectivity index (χ2v) is 6.90. The molecule has 2 heterocycles. The zero-order valence-electron chi connectivity index (χ0n) is 10.0. The van der Waals surface area contributed by atoms with Crippen molar-refractivity contribution in [2.75, 3.05) is 0 Å². The minimum Gasteiger partial charge on any atom is -0.373 e. The molecule has 4 bridgehead atoms. The molecule has 2 aliphatic heterocycles. The van der Waals surface area contributed by atoms with Crippen LogP contribution in [0.2, 0.25) is 0 Å². The van der Waals surface area contributed by atoms with Gasteiger partial charge in [-0.2, -0.15) is 0 Å². The van der Waals surface area contributed by atoms with E-state index in [4.69, 9.17) is 10.5 Å². The highest BCUT2D eigenvalue weighted by molar-refractivity contribution is 5.07. The number of rotatable bonds is 2. The van der Waals surface area contributed by atoms with Crippen molar-refractivity contribution in [3.05, 3.63) is 0 Å². The number of hydrogen-bond donors (Lipinski definition) is 1. The van der Waals surface area contributed by atoms with Crippen LogP contribution in [0.25, 0.3) is 0 Å². The first-order valence-electron chi connectivity index (χ1n) is 7.17. The summed E-state index contributed by atoms with van der Waals surface area (Å²) in [5.41, 5.74) is 6.68. The predicted molar refractivity (Wildman–Crippen MR) is 63.0 cm³/mol. The van der Waals surface area contributed by atoms with Crippen molar-refractivity contribution < 1.29 is 4.74 Å². The van der Waals surface area contributed by atoms with Crippen molar-refractivity contribution in [3.63, 3.8) is 0 Å². The topological polar surface area (TPSA) is 35.2 Å². The van der Waals surface area contributed by atoms with Gasteiger partial charge in [-0.3, -0.25) is 0 Å². The fraction of sp³-hybridized carbons (Fsp3) is 1.00. The van der Waals surface area contributed by atoms with E-state index in [1.54, 1.807) is 0 Å². The lowest BCUT2D eigenvalue weighted by molar-refractivity contribution is 0.0763. The molecule has 0 amide bonds. The normalized spacial score (nSPS) is 58.7. The zero-order chi connectivity index (χ0) is 10.8. The summed E-state index contributed by atoms with van der Waals surface area (Å²) in [5.74, 6) is 3.01. The molecule has 4 rings (SSSR count). The zero-order valence-corrected chi connectivity index (χ0v) is 10.0. The summed E-state index contributed by atoms with van der Waals surface area (Å²) < 4.78 is 5.95. The van der Waals surface area contributed by atoms with Gasteiger partial charge >= 0.3 is 0 Å². The summed E-state index contributed by atoms with van der Waals surface area (Å²) in [6, 6.07) is 0. The molecule has 0 aromatic rings. The monoisotopic (exact) mass is 221 g/mol. The second-order valence-electron chi connectivity index (χ2n) is 6.90. The Labute approximate surface area is 97.9 Å². The lowest BCUT2D eigenvalue weighted by Gasteiger charge is -2.36. The van der Waals surface area contributed by atoms with Gasteiger partial charge in [-0.15, -0.1) is 0 Å². The van der Waals surface area contributed by atoms with Crippen LogP contribution >= 0.6 is 0 Å². The average Bonchev–Trinajstić information content (AvgIpc) is 2.93. The smallest absolute Gasteiger partial charge is 0.0760 e. The standard InChI is InChI=1S/C14H23NO/c15-14(8-12-3-4-13(14)16-12)7-11-6-9-1-2-10(11)5-9/h9-13H,1-8,15H2. The van der Waals surface area contributed by atoms with Gasteiger partial charge < -0.3 is 10.5 Å². The average molecular weight is 221 g/mol. The first kappa shape index (κ1) is 9.90. The Balaban J connectivity index is 1.47. The van der Waals surface area contributed by atoms with Crippen LogP contribution in [0.15, 0.2) is 0 Å². The maximum atomic E-state index is 6.63. The third-order valence-corrected chi connectivity index (χ3v) is 5.88. The molecule has 0 radical (unpaired) electrons. The summed E-state index contributed by atoms with van der Waals surface area (Å²) in [6.45, 7) is 0. The third-order valence-electron chi connectivity index (χ3n) is 5.88. The Morgan fingerprint density at radius 1 is 1.12 bits per heavy atom. The maximum Gasteiger partial charge on any atom is 0.0760 e. The maximum absolute atomic E-state index is 6.63. The van der Waals surface area contributed by atoms with Gasteiger partial charge in [-0.05, 0) is 62.7 Å².